The smallest absolute Gasteiger partial charge is 0.160 e. The summed E-state index contributed by atoms with van der Waals surface area (Å²) in [6.45, 7) is 0. The van der Waals surface area contributed by atoms with E-state index < -0.39 is 0 Å². The van der Waals surface area contributed by atoms with Crippen molar-refractivity contribution >= 4 is 54.1 Å². The number of aromatic nitrogens is 3. The minimum Gasteiger partial charge on any atom is -0.309 e. The van der Waals surface area contributed by atoms with Gasteiger partial charge in [-0.25, -0.2) is 9.97 Å². The van der Waals surface area contributed by atoms with Gasteiger partial charge in [-0.3, -0.25) is 0 Å². The molecule has 0 unspecified atom stereocenters. The van der Waals surface area contributed by atoms with Gasteiger partial charge in [-0.15, -0.1) is 0 Å². The quantitative estimate of drug-likeness (QED) is 0.150. The zero-order valence-corrected chi connectivity index (χ0v) is 36.5. The number of benzene rings is 11. The third kappa shape index (κ3) is 6.67. The monoisotopic (exact) mass is 851 g/mol. The summed E-state index contributed by atoms with van der Waals surface area (Å²) in [5.41, 5.74) is 15.5. The molecule has 0 saturated heterocycles. The van der Waals surface area contributed by atoms with E-state index in [4.69, 9.17) is 9.97 Å². The molecule has 11 aromatic carbocycles. The molecule has 13 aromatic rings. The first-order chi connectivity index (χ1) is 33.2. The third-order valence-electron chi connectivity index (χ3n) is 13.4. The molecule has 0 saturated carbocycles. The van der Waals surface area contributed by atoms with Gasteiger partial charge in [0.1, 0.15) is 0 Å². The van der Waals surface area contributed by atoms with Crippen molar-refractivity contribution < 1.29 is 0 Å². The highest BCUT2D eigenvalue weighted by atomic mass is 15.0. The summed E-state index contributed by atoms with van der Waals surface area (Å²) in [6, 6.07) is 89.4. The predicted molar refractivity (Wildman–Crippen MR) is 282 cm³/mol. The molecule has 0 amide bonds. The van der Waals surface area contributed by atoms with Crippen molar-refractivity contribution in [3.05, 3.63) is 249 Å². The highest BCUT2D eigenvalue weighted by Crippen LogP contribution is 2.43. The van der Waals surface area contributed by atoms with Crippen LogP contribution >= 0.6 is 0 Å². The fourth-order valence-electron chi connectivity index (χ4n) is 10.2. The van der Waals surface area contributed by atoms with Crippen molar-refractivity contribution in [2.24, 2.45) is 0 Å². The molecule has 13 rings (SSSR count). The maximum atomic E-state index is 5.35. The van der Waals surface area contributed by atoms with Crippen LogP contribution in [0.2, 0.25) is 0 Å². The molecule has 0 bridgehead atoms. The van der Waals surface area contributed by atoms with Crippen molar-refractivity contribution in [1.82, 2.24) is 14.5 Å². The average Bonchev–Trinajstić information content (AvgIpc) is 3.75. The minimum atomic E-state index is 0.700. The molecule has 3 nitrogen and oxygen atoms in total. The van der Waals surface area contributed by atoms with Crippen LogP contribution in [0, 0.1) is 0 Å². The fourth-order valence-corrected chi connectivity index (χ4v) is 10.2. The molecular formula is C64H41N3. The van der Waals surface area contributed by atoms with Crippen molar-refractivity contribution in [1.29, 1.82) is 0 Å². The van der Waals surface area contributed by atoms with Gasteiger partial charge in [-0.2, -0.15) is 0 Å². The number of para-hydroxylation sites is 1. The van der Waals surface area contributed by atoms with Crippen LogP contribution in [-0.2, 0) is 0 Å². The molecule has 0 N–H and O–H groups in total. The Labute approximate surface area is 388 Å². The van der Waals surface area contributed by atoms with E-state index >= 15 is 0 Å². The summed E-state index contributed by atoms with van der Waals surface area (Å²) >= 11 is 0. The normalized spacial score (nSPS) is 11.6. The van der Waals surface area contributed by atoms with Crippen LogP contribution in [0.25, 0.3) is 127 Å². The first kappa shape index (κ1) is 38.5. The fraction of sp³-hybridized carbons (Fsp3) is 0. The van der Waals surface area contributed by atoms with Crippen molar-refractivity contribution in [3.63, 3.8) is 0 Å². The first-order valence-corrected chi connectivity index (χ1v) is 22.9. The van der Waals surface area contributed by atoms with Gasteiger partial charge in [0.15, 0.2) is 5.82 Å². The van der Waals surface area contributed by atoms with E-state index in [1.54, 1.807) is 0 Å². The molecule has 0 radical (unpaired) electrons. The van der Waals surface area contributed by atoms with Crippen molar-refractivity contribution in [2.75, 3.05) is 0 Å². The molecular weight excluding hydrogens is 811 g/mol. The largest absolute Gasteiger partial charge is 0.309 e. The molecule has 312 valence electrons. The van der Waals surface area contributed by atoms with Gasteiger partial charge in [-0.1, -0.05) is 206 Å². The van der Waals surface area contributed by atoms with E-state index in [1.165, 1.54) is 87.5 Å². The molecule has 0 aliphatic rings. The Balaban J connectivity index is 0.966. The lowest BCUT2D eigenvalue weighted by molar-refractivity contribution is 1.18. The van der Waals surface area contributed by atoms with Crippen LogP contribution in [-0.4, -0.2) is 14.5 Å². The maximum Gasteiger partial charge on any atom is 0.160 e. The van der Waals surface area contributed by atoms with E-state index in [0.717, 1.165) is 33.8 Å². The Hall–Kier alpha value is -8.92. The molecule has 2 aromatic heterocycles. The van der Waals surface area contributed by atoms with E-state index in [0.29, 0.717) is 5.82 Å². The van der Waals surface area contributed by atoms with Gasteiger partial charge < -0.3 is 4.57 Å². The van der Waals surface area contributed by atoms with Gasteiger partial charge in [0.25, 0.3) is 0 Å². The Morgan fingerprint density at radius 2 is 0.716 bits per heavy atom. The zero-order chi connectivity index (χ0) is 44.3. The van der Waals surface area contributed by atoms with Gasteiger partial charge in [0.2, 0.25) is 0 Å². The second-order valence-electron chi connectivity index (χ2n) is 17.3. The van der Waals surface area contributed by atoms with E-state index in [-0.39, 0.29) is 0 Å². The molecule has 3 heteroatoms. The van der Waals surface area contributed by atoms with Crippen LogP contribution in [0.3, 0.4) is 0 Å². The van der Waals surface area contributed by atoms with Crippen LogP contribution in [0.1, 0.15) is 0 Å². The third-order valence-corrected chi connectivity index (χ3v) is 13.4. The highest BCUT2D eigenvalue weighted by molar-refractivity contribution is 6.29. The molecule has 2 heterocycles. The van der Waals surface area contributed by atoms with E-state index in [1.807, 2.05) is 6.07 Å². The van der Waals surface area contributed by atoms with Crippen molar-refractivity contribution in [3.8, 4) is 73.0 Å². The predicted octanol–water partition coefficient (Wildman–Crippen LogP) is 17.0. The topological polar surface area (TPSA) is 30.7 Å². The average molecular weight is 852 g/mol. The number of hydrogen-bond acceptors (Lipinski definition) is 2. The lowest BCUT2D eigenvalue weighted by atomic mass is 9.89. The summed E-state index contributed by atoms with van der Waals surface area (Å²) in [5, 5.41) is 9.70. The van der Waals surface area contributed by atoms with Crippen LogP contribution in [0.15, 0.2) is 249 Å². The van der Waals surface area contributed by atoms with Gasteiger partial charge in [-0.05, 0) is 108 Å². The van der Waals surface area contributed by atoms with Gasteiger partial charge in [0, 0.05) is 33.2 Å². The van der Waals surface area contributed by atoms with Crippen molar-refractivity contribution in [2.45, 2.75) is 0 Å². The molecule has 0 fully saturated rings. The molecule has 0 spiro atoms. The lowest BCUT2D eigenvalue weighted by Crippen LogP contribution is -1.97. The summed E-state index contributed by atoms with van der Waals surface area (Å²) in [7, 11) is 0. The van der Waals surface area contributed by atoms with Gasteiger partial charge >= 0.3 is 0 Å². The number of fused-ring (bicyclic) bond motifs is 9. The van der Waals surface area contributed by atoms with Crippen LogP contribution < -0.4 is 0 Å². The minimum absolute atomic E-state index is 0.700. The Morgan fingerprint density at radius 1 is 0.254 bits per heavy atom. The summed E-state index contributed by atoms with van der Waals surface area (Å²) in [5.74, 6) is 0.700. The molecule has 0 atom stereocenters. The summed E-state index contributed by atoms with van der Waals surface area (Å²) < 4.78 is 2.40. The SMILES string of the molecule is c1ccc(-c2ccc(-c3cc(-c4cccc5c6ccccc6c6cc(-c7ccc8c(c7)c7ccccc7n8-c7ccc(-c8ccccc8)cc7)ccc6c45)nc(-c4ccccc4)n3)cc2)cc1. The Bertz CT molecular complexity index is 3990. The Kier molecular flexibility index (Phi) is 9.17. The summed E-state index contributed by atoms with van der Waals surface area (Å²) in [4.78, 5) is 10.5. The second kappa shape index (κ2) is 16.0. The number of rotatable bonds is 7. The lowest BCUT2D eigenvalue weighted by Gasteiger charge is -2.16. The molecule has 0 aliphatic heterocycles. The highest BCUT2D eigenvalue weighted by Gasteiger charge is 2.19. The summed E-state index contributed by atoms with van der Waals surface area (Å²) in [6.07, 6.45) is 0. The maximum absolute atomic E-state index is 5.35. The van der Waals surface area contributed by atoms with Crippen LogP contribution in [0.5, 0.6) is 0 Å². The number of nitrogens with zero attached hydrogens (tertiary/aromatic N) is 3. The molecule has 67 heavy (non-hydrogen) atoms. The van der Waals surface area contributed by atoms with E-state index in [2.05, 4.69) is 247 Å². The zero-order valence-electron chi connectivity index (χ0n) is 36.5. The second-order valence-corrected chi connectivity index (χ2v) is 17.3. The van der Waals surface area contributed by atoms with Crippen LogP contribution in [0.4, 0.5) is 0 Å². The molecule has 0 aliphatic carbocycles. The first-order valence-electron chi connectivity index (χ1n) is 22.9. The van der Waals surface area contributed by atoms with E-state index in [9.17, 15) is 0 Å². The number of hydrogen-bond donors (Lipinski definition) is 0. The van der Waals surface area contributed by atoms with Gasteiger partial charge in [0.05, 0.1) is 22.4 Å². The Morgan fingerprint density at radius 3 is 1.40 bits per heavy atom. The standard InChI is InChI=1S/C64H41N3/c1-4-15-42(16-5-1)44-27-29-46(30-28-44)59-41-60(66-64(65-59)47-19-8-3-9-20-47)56-25-14-24-54-51-21-10-11-22-52(51)57-39-48(33-37-55(57)63(54)56)49-34-38-62-58(40-49)53-23-12-13-26-61(53)67(62)50-35-31-45(32-36-50)43-17-6-2-7-18-43/h1-41H.